The first-order chi connectivity index (χ1) is 15.9. The van der Waals surface area contributed by atoms with Crippen LogP contribution in [-0.2, 0) is 0 Å². The van der Waals surface area contributed by atoms with Crippen molar-refractivity contribution in [2.45, 2.75) is 18.9 Å². The zero-order chi connectivity index (χ0) is 23.1. The molecule has 1 fully saturated rings. The average Bonchev–Trinajstić information content (AvgIpc) is 3.40. The van der Waals surface area contributed by atoms with E-state index in [0.717, 1.165) is 58.8 Å². The molecule has 11 heteroatoms. The Labute approximate surface area is 196 Å². The number of amides is 1. The minimum absolute atomic E-state index is 0.00175. The van der Waals surface area contributed by atoms with Crippen LogP contribution < -0.4 is 21.7 Å². The molecule has 0 saturated carbocycles. The third-order valence-electron chi connectivity index (χ3n) is 5.53. The Hall–Kier alpha value is -3.15. The second-order valence-corrected chi connectivity index (χ2v) is 9.72. The first-order valence-electron chi connectivity index (χ1n) is 10.3. The number of nitrogens with two attached hydrogens (primary N) is 2. The summed E-state index contributed by atoms with van der Waals surface area (Å²) in [6.45, 7) is 1.47. The van der Waals surface area contributed by atoms with Gasteiger partial charge in [-0.15, -0.1) is 11.3 Å². The van der Waals surface area contributed by atoms with Crippen LogP contribution in [-0.4, -0.2) is 35.0 Å². The Morgan fingerprint density at radius 2 is 2.03 bits per heavy atom. The number of nitrogens with one attached hydrogen (secondary N) is 1. The summed E-state index contributed by atoms with van der Waals surface area (Å²) >= 11 is 2.37. The molecule has 5 N–H and O–H groups in total. The molecule has 4 aromatic rings. The molecule has 0 radical (unpaired) electrons. The summed E-state index contributed by atoms with van der Waals surface area (Å²) in [5.41, 5.74) is 13.2. The van der Waals surface area contributed by atoms with Crippen molar-refractivity contribution in [1.29, 1.82) is 0 Å². The standard InChI is InChI=1S/C22H20F2N6OS2/c23-13-4-1-5-14(24)16(13)22-29-17(19(26)33-22)20(31)28-15-9-27-21-12(6-8-32-21)18(15)30-7-2-3-11(25)10-30/h1,4-6,8-9,11H,2-3,7,10,25-26H2,(H,28,31). The van der Waals surface area contributed by atoms with Crippen LogP contribution in [0.4, 0.5) is 25.2 Å². The molecule has 1 aliphatic rings. The number of benzene rings is 1. The van der Waals surface area contributed by atoms with Crippen LogP contribution in [0.5, 0.6) is 0 Å². The topological polar surface area (TPSA) is 110 Å². The van der Waals surface area contributed by atoms with Gasteiger partial charge >= 0.3 is 0 Å². The summed E-state index contributed by atoms with van der Waals surface area (Å²) in [7, 11) is 0. The number of thiazole rings is 1. The third kappa shape index (κ3) is 4.03. The lowest BCUT2D eigenvalue weighted by Crippen LogP contribution is -2.43. The molecule has 0 spiro atoms. The number of nitrogen functional groups attached to an aromatic ring is 1. The lowest BCUT2D eigenvalue weighted by molar-refractivity contribution is 0.102. The molecule has 0 aliphatic carbocycles. The zero-order valence-electron chi connectivity index (χ0n) is 17.3. The maximum absolute atomic E-state index is 14.2. The minimum Gasteiger partial charge on any atom is -0.389 e. The fraction of sp³-hybridized carbons (Fsp3) is 0.227. The van der Waals surface area contributed by atoms with E-state index in [4.69, 9.17) is 11.5 Å². The van der Waals surface area contributed by atoms with Crippen molar-refractivity contribution in [3.63, 3.8) is 0 Å². The fourth-order valence-electron chi connectivity index (χ4n) is 4.04. The minimum atomic E-state index is -0.772. The smallest absolute Gasteiger partial charge is 0.277 e. The first kappa shape index (κ1) is 21.7. The van der Waals surface area contributed by atoms with E-state index in [1.165, 1.54) is 17.4 Å². The van der Waals surface area contributed by atoms with Crippen molar-refractivity contribution in [3.05, 3.63) is 53.2 Å². The predicted octanol–water partition coefficient (Wildman–Crippen LogP) is 4.46. The van der Waals surface area contributed by atoms with Crippen LogP contribution in [0.25, 0.3) is 20.8 Å². The van der Waals surface area contributed by atoms with Gasteiger partial charge < -0.3 is 21.7 Å². The van der Waals surface area contributed by atoms with Gasteiger partial charge in [0.25, 0.3) is 5.91 Å². The molecule has 3 aromatic heterocycles. The number of halogens is 2. The van der Waals surface area contributed by atoms with Crippen LogP contribution in [0, 0.1) is 11.6 Å². The van der Waals surface area contributed by atoms with Gasteiger partial charge in [-0.1, -0.05) is 17.4 Å². The van der Waals surface area contributed by atoms with Gasteiger partial charge in [-0.05, 0) is 36.4 Å². The lowest BCUT2D eigenvalue weighted by Gasteiger charge is -2.34. The highest BCUT2D eigenvalue weighted by Gasteiger charge is 2.26. The summed E-state index contributed by atoms with van der Waals surface area (Å²) in [4.78, 5) is 24.7. The number of aromatic nitrogens is 2. The molecule has 1 amide bonds. The molecule has 4 heterocycles. The van der Waals surface area contributed by atoms with Crippen molar-refractivity contribution in [1.82, 2.24) is 9.97 Å². The highest BCUT2D eigenvalue weighted by Crippen LogP contribution is 2.38. The number of pyridine rings is 1. The molecule has 7 nitrogen and oxygen atoms in total. The van der Waals surface area contributed by atoms with E-state index in [9.17, 15) is 13.6 Å². The molecule has 1 aromatic carbocycles. The van der Waals surface area contributed by atoms with Gasteiger partial charge in [0, 0.05) is 24.5 Å². The van der Waals surface area contributed by atoms with E-state index >= 15 is 0 Å². The van der Waals surface area contributed by atoms with Gasteiger partial charge in [0.15, 0.2) is 5.69 Å². The fourth-order valence-corrected chi connectivity index (χ4v) is 5.66. The van der Waals surface area contributed by atoms with Gasteiger partial charge in [-0.2, -0.15) is 0 Å². The molecule has 1 atom stereocenters. The number of piperidine rings is 1. The zero-order valence-corrected chi connectivity index (χ0v) is 19.0. The second-order valence-electron chi connectivity index (χ2n) is 7.79. The van der Waals surface area contributed by atoms with E-state index < -0.39 is 17.5 Å². The average molecular weight is 487 g/mol. The monoisotopic (exact) mass is 486 g/mol. The molecular formula is C22H20F2N6OS2. The number of rotatable bonds is 4. The highest BCUT2D eigenvalue weighted by molar-refractivity contribution is 7.19. The molecule has 33 heavy (non-hydrogen) atoms. The Morgan fingerprint density at radius 3 is 2.79 bits per heavy atom. The number of hydrogen-bond donors (Lipinski definition) is 3. The number of nitrogens with zero attached hydrogens (tertiary/aromatic N) is 3. The number of hydrogen-bond acceptors (Lipinski definition) is 8. The van der Waals surface area contributed by atoms with Crippen LogP contribution in [0.15, 0.2) is 35.8 Å². The molecule has 1 saturated heterocycles. The Bertz CT molecular complexity index is 1330. The summed E-state index contributed by atoms with van der Waals surface area (Å²) in [5, 5.41) is 5.79. The van der Waals surface area contributed by atoms with Crippen molar-refractivity contribution >= 4 is 55.2 Å². The predicted molar refractivity (Wildman–Crippen MR) is 129 cm³/mol. The summed E-state index contributed by atoms with van der Waals surface area (Å²) in [6.07, 6.45) is 3.49. The van der Waals surface area contributed by atoms with Crippen molar-refractivity contribution < 1.29 is 13.6 Å². The maximum Gasteiger partial charge on any atom is 0.277 e. The largest absolute Gasteiger partial charge is 0.389 e. The molecule has 1 unspecified atom stereocenters. The van der Waals surface area contributed by atoms with E-state index in [0.29, 0.717) is 12.2 Å². The molecule has 170 valence electrons. The number of thiophene rings is 1. The molecular weight excluding hydrogens is 466 g/mol. The van der Waals surface area contributed by atoms with Gasteiger partial charge in [0.2, 0.25) is 0 Å². The number of fused-ring (bicyclic) bond motifs is 1. The third-order valence-corrected chi connectivity index (χ3v) is 7.26. The summed E-state index contributed by atoms with van der Waals surface area (Å²) in [5.74, 6) is -2.12. The maximum atomic E-state index is 14.2. The summed E-state index contributed by atoms with van der Waals surface area (Å²) in [6, 6.07) is 5.53. The molecule has 1 aliphatic heterocycles. The van der Waals surface area contributed by atoms with E-state index in [-0.39, 0.29) is 27.3 Å². The second kappa shape index (κ2) is 8.65. The van der Waals surface area contributed by atoms with Crippen molar-refractivity contribution in [2.24, 2.45) is 5.73 Å². The van der Waals surface area contributed by atoms with Crippen molar-refractivity contribution in [3.8, 4) is 10.6 Å². The number of carbonyl (C=O) groups excluding carboxylic acids is 1. The molecule has 5 rings (SSSR count). The SMILES string of the molecule is Nc1sc(-c2c(F)cccc2F)nc1C(=O)Nc1cnc2sccc2c1N1CCCC(N)C1. The Balaban J connectivity index is 1.50. The van der Waals surface area contributed by atoms with Crippen LogP contribution in [0.3, 0.4) is 0 Å². The van der Waals surface area contributed by atoms with Crippen LogP contribution in [0.1, 0.15) is 23.3 Å². The van der Waals surface area contributed by atoms with E-state index in [2.05, 4.69) is 20.2 Å². The Morgan fingerprint density at radius 1 is 1.24 bits per heavy atom. The van der Waals surface area contributed by atoms with E-state index in [1.54, 1.807) is 6.20 Å². The van der Waals surface area contributed by atoms with Gasteiger partial charge in [-0.3, -0.25) is 4.79 Å². The lowest BCUT2D eigenvalue weighted by atomic mass is 10.0. The van der Waals surface area contributed by atoms with E-state index in [1.807, 2.05) is 11.4 Å². The van der Waals surface area contributed by atoms with Crippen LogP contribution in [0.2, 0.25) is 0 Å². The molecule has 0 bridgehead atoms. The van der Waals surface area contributed by atoms with Crippen LogP contribution >= 0.6 is 22.7 Å². The highest BCUT2D eigenvalue weighted by atomic mass is 32.1. The summed E-state index contributed by atoms with van der Waals surface area (Å²) < 4.78 is 28.4. The normalized spacial score (nSPS) is 16.3. The number of anilines is 3. The van der Waals surface area contributed by atoms with Gasteiger partial charge in [0.05, 0.1) is 23.1 Å². The van der Waals surface area contributed by atoms with Crippen molar-refractivity contribution in [2.75, 3.05) is 29.0 Å². The first-order valence-corrected chi connectivity index (χ1v) is 12.0. The Kier molecular flexibility index (Phi) is 5.69. The van der Waals surface area contributed by atoms with Gasteiger partial charge in [-0.25, -0.2) is 18.7 Å². The number of carbonyl (C=O) groups is 1. The van der Waals surface area contributed by atoms with Gasteiger partial charge in [0.1, 0.15) is 26.5 Å². The quantitative estimate of drug-likeness (QED) is 0.393.